The van der Waals surface area contributed by atoms with Gasteiger partial charge in [-0.25, -0.2) is 8.78 Å². The molecular formula is C17H20F2N4O. The van der Waals surface area contributed by atoms with Gasteiger partial charge in [-0.1, -0.05) is 6.07 Å². The minimum Gasteiger partial charge on any atom is -0.489 e. The Morgan fingerprint density at radius 2 is 2.00 bits per heavy atom. The number of hydrogen-bond acceptors (Lipinski definition) is 3. The van der Waals surface area contributed by atoms with Crippen LogP contribution < -0.4 is 15.4 Å². The van der Waals surface area contributed by atoms with E-state index in [-0.39, 0.29) is 12.4 Å². The standard InChI is InChI=1S/C17H20F2N4O/c1-20-17(22-9-7-14-4-2-3-8-21-14)23-10-11-24-16-6-5-13(18)12-15(16)19/h2-6,8,12H,7,9-11H2,1H3,(H2,20,22,23). The quantitative estimate of drug-likeness (QED) is 0.463. The van der Waals surface area contributed by atoms with E-state index in [0.717, 1.165) is 24.2 Å². The van der Waals surface area contributed by atoms with Crippen LogP contribution in [0.5, 0.6) is 5.75 Å². The molecule has 0 unspecified atom stereocenters. The first kappa shape index (κ1) is 17.7. The second-order valence-corrected chi connectivity index (χ2v) is 4.92. The van der Waals surface area contributed by atoms with Gasteiger partial charge in [-0.2, -0.15) is 0 Å². The Morgan fingerprint density at radius 3 is 2.71 bits per heavy atom. The number of hydrogen-bond donors (Lipinski definition) is 2. The lowest BCUT2D eigenvalue weighted by atomic mass is 10.3. The van der Waals surface area contributed by atoms with Crippen LogP contribution in [0.1, 0.15) is 5.69 Å². The van der Waals surface area contributed by atoms with Gasteiger partial charge in [0.25, 0.3) is 0 Å². The van der Waals surface area contributed by atoms with Crippen molar-refractivity contribution in [2.45, 2.75) is 6.42 Å². The van der Waals surface area contributed by atoms with Crippen LogP contribution in [0.4, 0.5) is 8.78 Å². The van der Waals surface area contributed by atoms with E-state index in [2.05, 4.69) is 20.6 Å². The summed E-state index contributed by atoms with van der Waals surface area (Å²) in [5.74, 6) is -0.700. The van der Waals surface area contributed by atoms with Gasteiger partial charge < -0.3 is 15.4 Å². The predicted octanol–water partition coefficient (Wildman–Crippen LogP) is 2.15. The SMILES string of the molecule is CN=C(NCCOc1ccc(F)cc1F)NCCc1ccccn1. The number of nitrogens with zero attached hydrogens (tertiary/aromatic N) is 2. The molecule has 0 bridgehead atoms. The summed E-state index contributed by atoms with van der Waals surface area (Å²) in [7, 11) is 1.66. The lowest BCUT2D eigenvalue weighted by molar-refractivity contribution is 0.304. The molecule has 7 heteroatoms. The Kier molecular flexibility index (Phi) is 6.94. The van der Waals surface area contributed by atoms with Crippen molar-refractivity contribution in [1.29, 1.82) is 0 Å². The summed E-state index contributed by atoms with van der Waals surface area (Å²) in [6.07, 6.45) is 2.53. The van der Waals surface area contributed by atoms with E-state index < -0.39 is 11.6 Å². The Balaban J connectivity index is 1.66. The van der Waals surface area contributed by atoms with E-state index in [1.807, 2.05) is 18.2 Å². The molecule has 1 aromatic heterocycles. The van der Waals surface area contributed by atoms with E-state index in [9.17, 15) is 8.78 Å². The maximum Gasteiger partial charge on any atom is 0.191 e. The lowest BCUT2D eigenvalue weighted by Crippen LogP contribution is -2.40. The minimum absolute atomic E-state index is 0.0244. The molecule has 0 spiro atoms. The molecule has 0 amide bonds. The molecule has 5 nitrogen and oxygen atoms in total. The van der Waals surface area contributed by atoms with Crippen LogP contribution in [0.25, 0.3) is 0 Å². The molecule has 0 aliphatic rings. The zero-order valence-corrected chi connectivity index (χ0v) is 13.4. The Bertz CT molecular complexity index is 665. The molecule has 0 aliphatic heterocycles. The fourth-order valence-electron chi connectivity index (χ4n) is 2.00. The van der Waals surface area contributed by atoms with Crippen LogP contribution in [-0.4, -0.2) is 37.7 Å². The topological polar surface area (TPSA) is 58.5 Å². The minimum atomic E-state index is -0.715. The van der Waals surface area contributed by atoms with E-state index in [1.54, 1.807) is 13.2 Å². The second-order valence-electron chi connectivity index (χ2n) is 4.92. The molecule has 0 saturated heterocycles. The number of guanidine groups is 1. The first-order valence-corrected chi connectivity index (χ1v) is 7.61. The summed E-state index contributed by atoms with van der Waals surface area (Å²) in [6, 6.07) is 9.00. The molecule has 2 rings (SSSR count). The predicted molar refractivity (Wildman–Crippen MR) is 89.2 cm³/mol. The van der Waals surface area contributed by atoms with E-state index in [1.165, 1.54) is 6.07 Å². The molecule has 128 valence electrons. The summed E-state index contributed by atoms with van der Waals surface area (Å²) in [5, 5.41) is 6.21. The molecule has 2 N–H and O–H groups in total. The van der Waals surface area contributed by atoms with Crippen molar-refractivity contribution in [1.82, 2.24) is 15.6 Å². The Labute approximate surface area is 139 Å². The highest BCUT2D eigenvalue weighted by Crippen LogP contribution is 2.17. The van der Waals surface area contributed by atoms with Crippen molar-refractivity contribution in [3.63, 3.8) is 0 Å². The normalized spacial score (nSPS) is 11.2. The third-order valence-corrected chi connectivity index (χ3v) is 3.17. The largest absolute Gasteiger partial charge is 0.489 e. The van der Waals surface area contributed by atoms with Crippen molar-refractivity contribution < 1.29 is 13.5 Å². The maximum absolute atomic E-state index is 13.4. The van der Waals surface area contributed by atoms with Gasteiger partial charge in [-0.15, -0.1) is 0 Å². The average Bonchev–Trinajstić information content (AvgIpc) is 2.59. The summed E-state index contributed by atoms with van der Waals surface area (Å²) in [5.41, 5.74) is 0.996. The van der Waals surface area contributed by atoms with Crippen LogP contribution >= 0.6 is 0 Å². The van der Waals surface area contributed by atoms with E-state index >= 15 is 0 Å². The van der Waals surface area contributed by atoms with E-state index in [0.29, 0.717) is 19.0 Å². The number of nitrogens with one attached hydrogen (secondary N) is 2. The first-order chi connectivity index (χ1) is 11.7. The van der Waals surface area contributed by atoms with Crippen molar-refractivity contribution in [2.24, 2.45) is 4.99 Å². The van der Waals surface area contributed by atoms with Gasteiger partial charge in [0.2, 0.25) is 0 Å². The number of pyridine rings is 1. The summed E-state index contributed by atoms with van der Waals surface area (Å²) in [4.78, 5) is 8.33. The number of ether oxygens (including phenoxy) is 1. The van der Waals surface area contributed by atoms with Crippen molar-refractivity contribution in [3.8, 4) is 5.75 Å². The van der Waals surface area contributed by atoms with Gasteiger partial charge in [-0.3, -0.25) is 9.98 Å². The van der Waals surface area contributed by atoms with Crippen LogP contribution in [0.15, 0.2) is 47.6 Å². The van der Waals surface area contributed by atoms with Crippen LogP contribution in [0, 0.1) is 11.6 Å². The zero-order valence-electron chi connectivity index (χ0n) is 13.4. The highest BCUT2D eigenvalue weighted by Gasteiger charge is 2.04. The Morgan fingerprint density at radius 1 is 1.17 bits per heavy atom. The smallest absolute Gasteiger partial charge is 0.191 e. The molecule has 0 atom stereocenters. The summed E-state index contributed by atoms with van der Waals surface area (Å²) < 4.78 is 31.5. The first-order valence-electron chi connectivity index (χ1n) is 7.61. The van der Waals surface area contributed by atoms with Crippen molar-refractivity contribution in [3.05, 3.63) is 59.9 Å². The van der Waals surface area contributed by atoms with Gasteiger partial charge in [-0.05, 0) is 24.3 Å². The summed E-state index contributed by atoms with van der Waals surface area (Å²) >= 11 is 0. The number of benzene rings is 1. The molecular weight excluding hydrogens is 314 g/mol. The number of halogens is 2. The maximum atomic E-state index is 13.4. The van der Waals surface area contributed by atoms with Crippen LogP contribution in [-0.2, 0) is 6.42 Å². The molecule has 0 radical (unpaired) electrons. The van der Waals surface area contributed by atoms with E-state index in [4.69, 9.17) is 4.74 Å². The summed E-state index contributed by atoms with van der Waals surface area (Å²) in [6.45, 7) is 1.34. The van der Waals surface area contributed by atoms with Crippen molar-refractivity contribution in [2.75, 3.05) is 26.7 Å². The van der Waals surface area contributed by atoms with Gasteiger partial charge in [0.15, 0.2) is 17.5 Å². The third kappa shape index (κ3) is 5.83. The highest BCUT2D eigenvalue weighted by atomic mass is 19.1. The average molecular weight is 334 g/mol. The Hall–Kier alpha value is -2.70. The molecule has 1 aromatic carbocycles. The third-order valence-electron chi connectivity index (χ3n) is 3.17. The number of aromatic nitrogens is 1. The lowest BCUT2D eigenvalue weighted by Gasteiger charge is -2.12. The van der Waals surface area contributed by atoms with Gasteiger partial charge in [0, 0.05) is 38.0 Å². The van der Waals surface area contributed by atoms with Gasteiger partial charge >= 0.3 is 0 Å². The molecule has 0 saturated carbocycles. The highest BCUT2D eigenvalue weighted by molar-refractivity contribution is 5.79. The molecule has 0 fully saturated rings. The van der Waals surface area contributed by atoms with Crippen LogP contribution in [0.2, 0.25) is 0 Å². The fraction of sp³-hybridized carbons (Fsp3) is 0.294. The zero-order chi connectivity index (χ0) is 17.2. The molecule has 0 aliphatic carbocycles. The number of rotatable bonds is 7. The molecule has 1 heterocycles. The van der Waals surface area contributed by atoms with Crippen LogP contribution in [0.3, 0.4) is 0 Å². The van der Waals surface area contributed by atoms with Gasteiger partial charge in [0.1, 0.15) is 12.4 Å². The second kappa shape index (κ2) is 9.44. The monoisotopic (exact) mass is 334 g/mol. The fourth-order valence-corrected chi connectivity index (χ4v) is 2.00. The van der Waals surface area contributed by atoms with Gasteiger partial charge in [0.05, 0.1) is 6.54 Å². The number of aliphatic imine (C=N–C) groups is 1. The molecule has 24 heavy (non-hydrogen) atoms. The molecule has 2 aromatic rings. The van der Waals surface area contributed by atoms with Crippen molar-refractivity contribution >= 4 is 5.96 Å².